The lowest BCUT2D eigenvalue weighted by atomic mass is 10.2. The Bertz CT molecular complexity index is 576. The monoisotopic (exact) mass is 274 g/mol. The summed E-state index contributed by atoms with van der Waals surface area (Å²) in [6.07, 6.45) is -0.594. The largest absolute Gasteiger partial charge is 0.436 e. The second-order valence-electron chi connectivity index (χ2n) is 3.85. The lowest BCUT2D eigenvalue weighted by Gasteiger charge is -2.08. The Morgan fingerprint density at radius 3 is 2.58 bits per heavy atom. The Labute approximate surface area is 106 Å². The maximum Gasteiger partial charge on any atom is 0.436 e. The van der Waals surface area contributed by atoms with E-state index in [2.05, 4.69) is 15.4 Å². The molecule has 0 aromatic carbocycles. The van der Waals surface area contributed by atoms with Gasteiger partial charge in [0, 0.05) is 19.4 Å². The average molecular weight is 274 g/mol. The summed E-state index contributed by atoms with van der Waals surface area (Å²) < 4.78 is 51.7. The maximum atomic E-state index is 13.3. The first-order valence-corrected chi connectivity index (χ1v) is 5.32. The van der Waals surface area contributed by atoms with E-state index < -0.39 is 17.7 Å². The molecule has 0 aliphatic rings. The van der Waals surface area contributed by atoms with Crippen molar-refractivity contribution >= 4 is 5.69 Å². The van der Waals surface area contributed by atoms with Gasteiger partial charge in [-0.1, -0.05) is 0 Å². The number of hydrogen-bond donors (Lipinski definition) is 1. The molecule has 0 saturated heterocycles. The first-order valence-electron chi connectivity index (χ1n) is 5.32. The third-order valence-corrected chi connectivity index (χ3v) is 2.43. The van der Waals surface area contributed by atoms with Crippen LogP contribution in [0.4, 0.5) is 23.2 Å². The zero-order valence-corrected chi connectivity index (χ0v) is 9.87. The normalized spacial score (nSPS) is 11.6. The van der Waals surface area contributed by atoms with Crippen molar-refractivity contribution < 1.29 is 17.6 Å². The Hall–Kier alpha value is -2.12. The summed E-state index contributed by atoms with van der Waals surface area (Å²) in [5.41, 5.74) is -0.454. The molecule has 0 bridgehead atoms. The van der Waals surface area contributed by atoms with Gasteiger partial charge in [-0.2, -0.15) is 18.3 Å². The molecule has 8 heteroatoms. The number of rotatable bonds is 3. The average Bonchev–Trinajstić information content (AvgIpc) is 2.75. The molecule has 0 aliphatic carbocycles. The van der Waals surface area contributed by atoms with Gasteiger partial charge < -0.3 is 5.32 Å². The fourth-order valence-electron chi connectivity index (χ4n) is 1.54. The molecule has 0 aliphatic heterocycles. The molecule has 0 radical (unpaired) electrons. The van der Waals surface area contributed by atoms with Crippen molar-refractivity contribution in [1.82, 2.24) is 14.8 Å². The number of anilines is 1. The number of hydrogen-bond acceptors (Lipinski definition) is 3. The number of aromatic nitrogens is 3. The number of nitrogens with one attached hydrogen (secondary N) is 1. The molecule has 1 N–H and O–H groups in total. The van der Waals surface area contributed by atoms with Gasteiger partial charge in [-0.3, -0.25) is 4.68 Å². The van der Waals surface area contributed by atoms with E-state index in [1.807, 2.05) is 0 Å². The van der Waals surface area contributed by atoms with Crippen molar-refractivity contribution in [3.8, 4) is 0 Å². The smallest absolute Gasteiger partial charge is 0.386 e. The van der Waals surface area contributed by atoms with Crippen LogP contribution in [0, 0.1) is 5.82 Å². The number of pyridine rings is 1. The van der Waals surface area contributed by atoms with Crippen LogP contribution in [0.25, 0.3) is 0 Å². The fraction of sp³-hybridized carbons (Fsp3) is 0.273. The van der Waals surface area contributed by atoms with Crippen molar-refractivity contribution in [2.75, 3.05) is 12.4 Å². The van der Waals surface area contributed by atoms with E-state index in [0.717, 1.165) is 18.0 Å². The molecule has 0 spiro atoms. The van der Waals surface area contributed by atoms with Gasteiger partial charge in [0.15, 0.2) is 11.5 Å². The second-order valence-corrected chi connectivity index (χ2v) is 3.85. The first-order chi connectivity index (χ1) is 8.90. The molecule has 0 fully saturated rings. The molecule has 2 rings (SSSR count). The minimum Gasteiger partial charge on any atom is -0.386 e. The van der Waals surface area contributed by atoms with Crippen LogP contribution in [0.15, 0.2) is 24.7 Å². The zero-order chi connectivity index (χ0) is 14.0. The van der Waals surface area contributed by atoms with Gasteiger partial charge in [-0.15, -0.1) is 0 Å². The molecular formula is C11H10F4N4. The quantitative estimate of drug-likeness (QED) is 0.875. The van der Waals surface area contributed by atoms with Crippen molar-refractivity contribution in [2.24, 2.45) is 0 Å². The topological polar surface area (TPSA) is 42.7 Å². The summed E-state index contributed by atoms with van der Waals surface area (Å²) in [5, 5.41) is 6.82. The fourth-order valence-corrected chi connectivity index (χ4v) is 1.54. The molecule has 2 heterocycles. The van der Waals surface area contributed by atoms with Crippen molar-refractivity contribution in [2.45, 2.75) is 12.7 Å². The van der Waals surface area contributed by atoms with Crippen molar-refractivity contribution in [1.29, 1.82) is 0 Å². The van der Waals surface area contributed by atoms with Gasteiger partial charge in [0.2, 0.25) is 0 Å². The number of nitrogens with zero attached hydrogens (tertiary/aromatic N) is 3. The van der Waals surface area contributed by atoms with Gasteiger partial charge in [0.25, 0.3) is 0 Å². The van der Waals surface area contributed by atoms with Crippen LogP contribution in [0.2, 0.25) is 0 Å². The summed E-state index contributed by atoms with van der Waals surface area (Å²) >= 11 is 0. The van der Waals surface area contributed by atoms with Crippen LogP contribution in [-0.4, -0.2) is 21.8 Å². The summed E-state index contributed by atoms with van der Waals surface area (Å²) in [4.78, 5) is 3.12. The summed E-state index contributed by atoms with van der Waals surface area (Å²) in [5.74, 6) is -1.38. The van der Waals surface area contributed by atoms with Crippen LogP contribution in [0.3, 0.4) is 0 Å². The summed E-state index contributed by atoms with van der Waals surface area (Å²) in [7, 11) is 1.71. The Kier molecular flexibility index (Phi) is 3.41. The lowest BCUT2D eigenvalue weighted by Crippen LogP contribution is -2.12. The highest BCUT2D eigenvalue weighted by atomic mass is 19.4. The molecule has 4 nitrogen and oxygen atoms in total. The van der Waals surface area contributed by atoms with E-state index in [-0.39, 0.29) is 6.54 Å². The SMILES string of the molecule is CNc1cnn(Cc2cnc(C(F)(F)F)c(F)c2)c1. The van der Waals surface area contributed by atoms with Gasteiger partial charge >= 0.3 is 6.18 Å². The Balaban J connectivity index is 2.20. The van der Waals surface area contributed by atoms with Gasteiger partial charge in [0.05, 0.1) is 18.4 Å². The molecule has 2 aromatic heterocycles. The van der Waals surface area contributed by atoms with Gasteiger partial charge in [-0.05, 0) is 11.6 Å². The maximum absolute atomic E-state index is 13.3. The molecule has 19 heavy (non-hydrogen) atoms. The zero-order valence-electron chi connectivity index (χ0n) is 9.87. The van der Waals surface area contributed by atoms with E-state index in [1.165, 1.54) is 4.68 Å². The summed E-state index contributed by atoms with van der Waals surface area (Å²) in [6.45, 7) is 0.143. The van der Waals surface area contributed by atoms with E-state index >= 15 is 0 Å². The molecular weight excluding hydrogens is 264 g/mol. The van der Waals surface area contributed by atoms with E-state index in [0.29, 0.717) is 5.56 Å². The van der Waals surface area contributed by atoms with Gasteiger partial charge in [0.1, 0.15) is 0 Å². The molecule has 0 unspecified atom stereocenters. The highest BCUT2D eigenvalue weighted by molar-refractivity contribution is 5.37. The van der Waals surface area contributed by atoms with Crippen molar-refractivity contribution in [3.05, 3.63) is 41.7 Å². The minimum absolute atomic E-state index is 0.143. The van der Waals surface area contributed by atoms with Crippen LogP contribution >= 0.6 is 0 Å². The number of alkyl halides is 3. The van der Waals surface area contributed by atoms with E-state index in [9.17, 15) is 17.6 Å². The molecule has 0 saturated carbocycles. The predicted molar refractivity (Wildman–Crippen MR) is 60.1 cm³/mol. The van der Waals surface area contributed by atoms with E-state index in [1.54, 1.807) is 19.4 Å². The van der Waals surface area contributed by atoms with Crippen molar-refractivity contribution in [3.63, 3.8) is 0 Å². The van der Waals surface area contributed by atoms with Crippen LogP contribution in [0.1, 0.15) is 11.3 Å². The van der Waals surface area contributed by atoms with Crippen LogP contribution < -0.4 is 5.32 Å². The summed E-state index contributed by atoms with van der Waals surface area (Å²) in [6, 6.07) is 0.816. The third-order valence-electron chi connectivity index (χ3n) is 2.43. The van der Waals surface area contributed by atoms with Crippen LogP contribution in [-0.2, 0) is 12.7 Å². The number of halogens is 4. The predicted octanol–water partition coefficient (Wildman–Crippen LogP) is 2.53. The van der Waals surface area contributed by atoms with Crippen LogP contribution in [0.5, 0.6) is 0 Å². The highest BCUT2D eigenvalue weighted by Gasteiger charge is 2.36. The molecule has 0 amide bonds. The Morgan fingerprint density at radius 1 is 1.32 bits per heavy atom. The third kappa shape index (κ3) is 3.01. The standard InChI is InChI=1S/C11H10F4N4/c1-16-8-4-18-19(6-8)5-7-2-9(12)10(17-3-7)11(13,14)15/h2-4,6,16H,5H2,1H3. The van der Waals surface area contributed by atoms with Gasteiger partial charge in [-0.25, -0.2) is 9.37 Å². The first kappa shape index (κ1) is 13.3. The molecule has 102 valence electrons. The van der Waals surface area contributed by atoms with E-state index in [4.69, 9.17) is 0 Å². The Morgan fingerprint density at radius 2 is 2.05 bits per heavy atom. The highest BCUT2D eigenvalue weighted by Crippen LogP contribution is 2.29. The second kappa shape index (κ2) is 4.87. The molecule has 0 atom stereocenters. The molecule has 2 aromatic rings. The lowest BCUT2D eigenvalue weighted by molar-refractivity contribution is -0.143. The minimum atomic E-state index is -4.78.